The van der Waals surface area contributed by atoms with Crippen molar-refractivity contribution in [1.29, 1.82) is 0 Å². The fourth-order valence-electron chi connectivity index (χ4n) is 2.84. The van der Waals surface area contributed by atoms with Gasteiger partial charge in [0.2, 0.25) is 0 Å². The zero-order valence-electron chi connectivity index (χ0n) is 16.5. The molecular weight excluding hydrogens is 603 g/mol. The molecule has 1 N–H and O–H groups in total. The predicted octanol–water partition coefficient (Wildman–Crippen LogP) is 6.03. The number of hydrogen-bond acceptors (Lipinski definition) is 4. The van der Waals surface area contributed by atoms with E-state index in [1.54, 1.807) is 30.3 Å². The number of nitrogens with zero attached hydrogens (tertiary/aromatic N) is 1. The third-order valence-corrected chi connectivity index (χ3v) is 6.68. The molecule has 1 heterocycles. The normalized spacial score (nSPS) is 15.8. The Morgan fingerprint density at radius 3 is 2.56 bits per heavy atom. The van der Waals surface area contributed by atoms with Crippen LogP contribution in [0.15, 0.2) is 87.2 Å². The van der Waals surface area contributed by atoms with Crippen LogP contribution in [-0.2, 0) is 11.4 Å². The molecule has 1 saturated heterocycles. The summed E-state index contributed by atoms with van der Waals surface area (Å²) in [6.45, 7) is 0.462. The van der Waals surface area contributed by atoms with Gasteiger partial charge in [-0.25, -0.2) is 0 Å². The van der Waals surface area contributed by atoms with Crippen LogP contribution in [-0.4, -0.2) is 17.0 Å². The van der Waals surface area contributed by atoms with Gasteiger partial charge in [0, 0.05) is 9.13 Å². The Balaban J connectivity index is 1.43. The molecule has 0 saturated carbocycles. The van der Waals surface area contributed by atoms with Gasteiger partial charge in [-0.1, -0.05) is 36.4 Å². The van der Waals surface area contributed by atoms with E-state index in [1.165, 1.54) is 3.57 Å². The summed E-state index contributed by atoms with van der Waals surface area (Å²) in [5, 5.41) is 2.91. The quantitative estimate of drug-likeness (QED) is 0.280. The molecule has 160 valence electrons. The first-order chi connectivity index (χ1) is 15.5. The molecule has 0 spiro atoms. The second kappa shape index (κ2) is 10.5. The Morgan fingerprint density at radius 1 is 1.09 bits per heavy atom. The summed E-state index contributed by atoms with van der Waals surface area (Å²) in [6, 6.07) is 22.5. The minimum atomic E-state index is -0.396. The molecule has 1 aliphatic rings. The van der Waals surface area contributed by atoms with Crippen LogP contribution in [0.3, 0.4) is 0 Å². The molecule has 3 aromatic carbocycles. The second-order valence-electron chi connectivity index (χ2n) is 6.76. The topological polar surface area (TPSA) is 67.8 Å². The number of amides is 2. The lowest BCUT2D eigenvalue weighted by Gasteiger charge is -2.09. The highest BCUT2D eigenvalue weighted by Crippen LogP contribution is 2.31. The van der Waals surface area contributed by atoms with Gasteiger partial charge in [-0.05, 0) is 104 Å². The molecule has 32 heavy (non-hydrogen) atoms. The number of carbonyl (C=O) groups excluding carboxylic acids is 2. The number of nitrogens with one attached hydrogen (secondary N) is 1. The molecule has 3 aromatic rings. The molecule has 1 aliphatic heterocycles. The van der Waals surface area contributed by atoms with Crippen molar-refractivity contribution in [1.82, 2.24) is 5.32 Å². The Kier molecular flexibility index (Phi) is 7.44. The number of thioether (sulfide) groups is 1. The van der Waals surface area contributed by atoms with E-state index in [9.17, 15) is 9.59 Å². The van der Waals surface area contributed by atoms with E-state index >= 15 is 0 Å². The first-order valence-electron chi connectivity index (χ1n) is 9.54. The van der Waals surface area contributed by atoms with Crippen LogP contribution >= 0.6 is 50.3 Å². The molecule has 8 heteroatoms. The standard InChI is InChI=1S/C24H16BrIN2O3S/c25-19-12-16(8-11-20(19)31-14-15-6-9-18(26)10-7-15)13-21-23(30)28-24(32-21)27-22(29)17-4-2-1-3-5-17/h1-13H,14H2,(H,27,28,29,30)/b21-13-. The maximum absolute atomic E-state index is 12.3. The fourth-order valence-corrected chi connectivity index (χ4v) is 4.52. The molecular formula is C24H16BrIN2O3S. The lowest BCUT2D eigenvalue weighted by Crippen LogP contribution is -2.20. The molecule has 0 radical (unpaired) electrons. The Labute approximate surface area is 211 Å². The fraction of sp³-hybridized carbons (Fsp3) is 0.0417. The second-order valence-corrected chi connectivity index (χ2v) is 9.89. The minimum absolute atomic E-state index is 0.270. The Bertz CT molecular complexity index is 1230. The number of amidine groups is 1. The van der Waals surface area contributed by atoms with E-state index in [2.05, 4.69) is 48.8 Å². The highest BCUT2D eigenvalue weighted by molar-refractivity contribution is 14.1. The summed E-state index contributed by atoms with van der Waals surface area (Å²) < 4.78 is 7.86. The van der Waals surface area contributed by atoms with Crippen LogP contribution in [0.4, 0.5) is 0 Å². The van der Waals surface area contributed by atoms with E-state index < -0.39 is 5.91 Å². The number of carbonyl (C=O) groups is 2. The third kappa shape index (κ3) is 5.87. The SMILES string of the molecule is O=C1NC(=NC(=O)c2ccccc2)S/C1=C\c1ccc(OCc2ccc(I)cc2)c(Br)c1. The van der Waals surface area contributed by atoms with Crippen LogP contribution in [0.1, 0.15) is 21.5 Å². The third-order valence-electron chi connectivity index (χ3n) is 4.44. The number of benzene rings is 3. The summed E-state index contributed by atoms with van der Waals surface area (Å²) in [5.74, 6) is 0.0294. The summed E-state index contributed by atoms with van der Waals surface area (Å²) in [7, 11) is 0. The smallest absolute Gasteiger partial charge is 0.279 e. The highest BCUT2D eigenvalue weighted by Gasteiger charge is 2.25. The van der Waals surface area contributed by atoms with E-state index in [0.717, 1.165) is 27.4 Å². The van der Waals surface area contributed by atoms with Gasteiger partial charge in [-0.3, -0.25) is 9.59 Å². The van der Waals surface area contributed by atoms with E-state index in [4.69, 9.17) is 4.74 Å². The molecule has 0 unspecified atom stereocenters. The molecule has 5 nitrogen and oxygen atoms in total. The van der Waals surface area contributed by atoms with Gasteiger partial charge < -0.3 is 10.1 Å². The van der Waals surface area contributed by atoms with Crippen molar-refractivity contribution in [3.8, 4) is 5.75 Å². The van der Waals surface area contributed by atoms with E-state index in [-0.39, 0.29) is 11.1 Å². The maximum atomic E-state index is 12.3. The average Bonchev–Trinajstić information content (AvgIpc) is 3.13. The lowest BCUT2D eigenvalue weighted by molar-refractivity contribution is -0.115. The largest absolute Gasteiger partial charge is 0.488 e. The van der Waals surface area contributed by atoms with Crippen molar-refractivity contribution in [2.24, 2.45) is 4.99 Å². The first-order valence-corrected chi connectivity index (χ1v) is 12.2. The summed E-state index contributed by atoms with van der Waals surface area (Å²) >= 11 is 6.94. The number of aliphatic imine (C=N–C) groups is 1. The van der Waals surface area contributed by atoms with Gasteiger partial charge in [0.25, 0.3) is 11.8 Å². The number of rotatable bonds is 5. The number of ether oxygens (including phenoxy) is 1. The van der Waals surface area contributed by atoms with Crippen LogP contribution in [0.25, 0.3) is 6.08 Å². The maximum Gasteiger partial charge on any atom is 0.279 e. The number of hydrogen-bond donors (Lipinski definition) is 1. The molecule has 1 fully saturated rings. The monoisotopic (exact) mass is 618 g/mol. The van der Waals surface area contributed by atoms with Crippen molar-refractivity contribution in [3.05, 3.63) is 102 Å². The van der Waals surface area contributed by atoms with Crippen molar-refractivity contribution < 1.29 is 14.3 Å². The molecule has 0 aromatic heterocycles. The summed E-state index contributed by atoms with van der Waals surface area (Å²) in [4.78, 5) is 29.0. The number of halogens is 2. The molecule has 0 bridgehead atoms. The van der Waals surface area contributed by atoms with Gasteiger partial charge in [0.1, 0.15) is 12.4 Å². The molecule has 0 atom stereocenters. The van der Waals surface area contributed by atoms with Gasteiger partial charge in [0.15, 0.2) is 5.17 Å². The zero-order valence-corrected chi connectivity index (χ0v) is 21.1. The summed E-state index contributed by atoms with van der Waals surface area (Å²) in [6.07, 6.45) is 1.75. The molecule has 4 rings (SSSR count). The van der Waals surface area contributed by atoms with Crippen molar-refractivity contribution >= 4 is 73.3 Å². The van der Waals surface area contributed by atoms with Crippen LogP contribution < -0.4 is 10.1 Å². The molecule has 0 aliphatic carbocycles. The Hall–Kier alpha value is -2.43. The first kappa shape index (κ1) is 22.8. The summed E-state index contributed by atoms with van der Waals surface area (Å²) in [5.41, 5.74) is 2.38. The van der Waals surface area contributed by atoms with Gasteiger partial charge in [0.05, 0.1) is 9.38 Å². The van der Waals surface area contributed by atoms with E-state index in [0.29, 0.717) is 22.8 Å². The van der Waals surface area contributed by atoms with Crippen molar-refractivity contribution in [2.75, 3.05) is 0 Å². The van der Waals surface area contributed by atoms with Crippen molar-refractivity contribution in [2.45, 2.75) is 6.61 Å². The zero-order chi connectivity index (χ0) is 22.5. The van der Waals surface area contributed by atoms with Crippen molar-refractivity contribution in [3.63, 3.8) is 0 Å². The highest BCUT2D eigenvalue weighted by atomic mass is 127. The lowest BCUT2D eigenvalue weighted by atomic mass is 10.2. The predicted molar refractivity (Wildman–Crippen MR) is 140 cm³/mol. The molecule has 2 amide bonds. The minimum Gasteiger partial charge on any atom is -0.488 e. The van der Waals surface area contributed by atoms with Gasteiger partial charge in [-0.2, -0.15) is 4.99 Å². The van der Waals surface area contributed by atoms with Crippen LogP contribution in [0.2, 0.25) is 0 Å². The average molecular weight is 619 g/mol. The van der Waals surface area contributed by atoms with E-state index in [1.807, 2.05) is 48.5 Å². The van der Waals surface area contributed by atoms with Gasteiger partial charge in [-0.15, -0.1) is 0 Å². The van der Waals surface area contributed by atoms with Gasteiger partial charge >= 0.3 is 0 Å². The Morgan fingerprint density at radius 2 is 1.84 bits per heavy atom. The van der Waals surface area contributed by atoms with Crippen LogP contribution in [0, 0.1) is 3.57 Å². The van der Waals surface area contributed by atoms with Crippen LogP contribution in [0.5, 0.6) is 5.75 Å².